The Balaban J connectivity index is 3.52. The lowest BCUT2D eigenvalue weighted by atomic mass is 10.7. The molecule has 0 fully saturated rings. The summed E-state index contributed by atoms with van der Waals surface area (Å²) in [6.45, 7) is 6.09. The van der Waals surface area contributed by atoms with Crippen LogP contribution in [0.25, 0.3) is 0 Å². The molecule has 8 heavy (non-hydrogen) atoms. The molecule has 46 valence electrons. The second kappa shape index (κ2) is 4.18. The van der Waals surface area contributed by atoms with Crippen LogP contribution in [0.2, 0.25) is 0 Å². The summed E-state index contributed by atoms with van der Waals surface area (Å²) in [6, 6.07) is 0. The Bertz CT molecular complexity index is 87.7. The van der Waals surface area contributed by atoms with Crippen molar-refractivity contribution in [2.45, 2.75) is 6.92 Å². The molecule has 0 heterocycles. The van der Waals surface area contributed by atoms with Crippen LogP contribution in [0.4, 0.5) is 0 Å². The van der Waals surface area contributed by atoms with Crippen LogP contribution in [0.5, 0.6) is 0 Å². The first-order valence-electron chi connectivity index (χ1n) is 2.46. The summed E-state index contributed by atoms with van der Waals surface area (Å²) in [5, 5.41) is 5.25. The van der Waals surface area contributed by atoms with E-state index in [-0.39, 0.29) is 0 Å². The highest BCUT2D eigenvalue weighted by Gasteiger charge is 1.82. The second-order valence-electron chi connectivity index (χ2n) is 1.24. The molecule has 0 unspecified atom stereocenters. The van der Waals surface area contributed by atoms with Crippen LogP contribution in [-0.2, 0) is 0 Å². The summed E-state index contributed by atoms with van der Waals surface area (Å²) in [4.78, 5) is 0. The normalized spacial score (nSPS) is 9.62. The fourth-order valence-corrected chi connectivity index (χ4v) is 0.352. The molecule has 0 aromatic rings. The summed E-state index contributed by atoms with van der Waals surface area (Å²) in [5.41, 5.74) is 5.07. The molecule has 0 spiro atoms. The molecule has 0 radical (unpaired) electrons. The van der Waals surface area contributed by atoms with Gasteiger partial charge in [0, 0.05) is 25.7 Å². The smallest absolute Gasteiger partial charge is 0.0386 e. The summed E-state index contributed by atoms with van der Waals surface area (Å²) in [7, 11) is 0. The van der Waals surface area contributed by atoms with Gasteiger partial charge in [0.1, 0.15) is 0 Å². The largest absolute Gasteiger partial charge is 0.403 e. The van der Waals surface area contributed by atoms with Gasteiger partial charge in [-0.05, 0) is 6.92 Å². The predicted molar refractivity (Wildman–Crippen MR) is 35.3 cm³/mol. The Morgan fingerprint density at radius 2 is 2.50 bits per heavy atom. The van der Waals surface area contributed by atoms with Gasteiger partial charge in [-0.2, -0.15) is 5.10 Å². The van der Waals surface area contributed by atoms with Gasteiger partial charge < -0.3 is 5.73 Å². The van der Waals surface area contributed by atoms with E-state index in [1.165, 1.54) is 6.20 Å². The van der Waals surface area contributed by atoms with Gasteiger partial charge in [0.2, 0.25) is 0 Å². The molecule has 0 aromatic heterocycles. The molecule has 0 aliphatic heterocycles. The van der Waals surface area contributed by atoms with Crippen molar-refractivity contribution < 1.29 is 0 Å². The highest BCUT2D eigenvalue weighted by molar-refractivity contribution is 5.22. The Hall–Kier alpha value is -0.990. The molecule has 0 aromatic carbocycles. The maximum Gasteiger partial charge on any atom is 0.0386 e. The molecule has 0 amide bonds. The maximum atomic E-state index is 5.07. The highest BCUT2D eigenvalue weighted by atomic mass is 15.4. The zero-order valence-electron chi connectivity index (χ0n) is 5.04. The molecular weight excluding hydrogens is 102 g/mol. The SMILES string of the molecule is C=NN(/C=C\N)CC. The molecular formula is C5H11N3. The summed E-state index contributed by atoms with van der Waals surface area (Å²) in [6.07, 6.45) is 3.09. The van der Waals surface area contributed by atoms with Crippen LogP contribution in [0.15, 0.2) is 17.5 Å². The van der Waals surface area contributed by atoms with Crippen molar-refractivity contribution >= 4 is 6.72 Å². The van der Waals surface area contributed by atoms with Crippen LogP contribution in [0, 0.1) is 0 Å². The van der Waals surface area contributed by atoms with Gasteiger partial charge >= 0.3 is 0 Å². The van der Waals surface area contributed by atoms with E-state index in [9.17, 15) is 0 Å². The number of nitrogens with two attached hydrogens (primary N) is 1. The Morgan fingerprint density at radius 1 is 1.88 bits per heavy atom. The molecule has 3 heteroatoms. The molecule has 0 aliphatic carbocycles. The fourth-order valence-electron chi connectivity index (χ4n) is 0.352. The zero-order valence-corrected chi connectivity index (χ0v) is 5.04. The van der Waals surface area contributed by atoms with Crippen molar-refractivity contribution in [3.05, 3.63) is 12.4 Å². The van der Waals surface area contributed by atoms with E-state index >= 15 is 0 Å². The molecule has 0 saturated carbocycles. The van der Waals surface area contributed by atoms with Gasteiger partial charge in [0.05, 0.1) is 0 Å². The van der Waals surface area contributed by atoms with Gasteiger partial charge in [0.15, 0.2) is 0 Å². The highest BCUT2D eigenvalue weighted by Crippen LogP contribution is 1.84. The van der Waals surface area contributed by atoms with Crippen LogP contribution in [-0.4, -0.2) is 18.3 Å². The molecule has 2 N–H and O–H groups in total. The standard InChI is InChI=1S/C5H11N3/c1-3-8(7-2)5-4-6/h4-5H,2-3,6H2,1H3/b5-4-. The Kier molecular flexibility index (Phi) is 3.66. The van der Waals surface area contributed by atoms with Gasteiger partial charge in [-0.3, -0.25) is 5.01 Å². The van der Waals surface area contributed by atoms with E-state index < -0.39 is 0 Å². The van der Waals surface area contributed by atoms with Crippen LogP contribution >= 0.6 is 0 Å². The van der Waals surface area contributed by atoms with E-state index in [0.29, 0.717) is 0 Å². The number of hydrogen-bond donors (Lipinski definition) is 1. The van der Waals surface area contributed by atoms with Gasteiger partial charge in [0.25, 0.3) is 0 Å². The Morgan fingerprint density at radius 3 is 2.62 bits per heavy atom. The van der Waals surface area contributed by atoms with Crippen molar-refractivity contribution in [3.8, 4) is 0 Å². The van der Waals surface area contributed by atoms with Crippen LogP contribution in [0.1, 0.15) is 6.92 Å². The number of hydrazone groups is 1. The van der Waals surface area contributed by atoms with Crippen molar-refractivity contribution in [2.24, 2.45) is 10.8 Å². The monoisotopic (exact) mass is 113 g/mol. The van der Waals surface area contributed by atoms with Gasteiger partial charge in [-0.1, -0.05) is 0 Å². The first-order valence-corrected chi connectivity index (χ1v) is 2.46. The van der Waals surface area contributed by atoms with E-state index in [4.69, 9.17) is 5.73 Å². The molecule has 0 saturated heterocycles. The summed E-state index contributed by atoms with van der Waals surface area (Å²) >= 11 is 0. The van der Waals surface area contributed by atoms with Crippen LogP contribution < -0.4 is 5.73 Å². The molecule has 0 rings (SSSR count). The minimum absolute atomic E-state index is 0.803. The predicted octanol–water partition coefficient (Wildman–Crippen LogP) is 0.354. The fraction of sp³-hybridized carbons (Fsp3) is 0.400. The van der Waals surface area contributed by atoms with Crippen LogP contribution in [0.3, 0.4) is 0 Å². The quantitative estimate of drug-likeness (QED) is 0.424. The summed E-state index contributed by atoms with van der Waals surface area (Å²) < 4.78 is 0. The van der Waals surface area contributed by atoms with E-state index in [1.54, 1.807) is 11.2 Å². The third kappa shape index (κ3) is 2.23. The molecule has 0 atom stereocenters. The third-order valence-corrected chi connectivity index (χ3v) is 0.764. The van der Waals surface area contributed by atoms with Crippen molar-refractivity contribution in [3.63, 3.8) is 0 Å². The van der Waals surface area contributed by atoms with Gasteiger partial charge in [-0.15, -0.1) is 0 Å². The van der Waals surface area contributed by atoms with Crippen molar-refractivity contribution in [1.29, 1.82) is 0 Å². The average molecular weight is 113 g/mol. The van der Waals surface area contributed by atoms with Crippen molar-refractivity contribution in [2.75, 3.05) is 6.54 Å². The first-order chi connectivity index (χ1) is 3.85. The van der Waals surface area contributed by atoms with E-state index in [0.717, 1.165) is 6.54 Å². The average Bonchev–Trinajstić information content (AvgIpc) is 1.83. The number of hydrogen-bond acceptors (Lipinski definition) is 3. The minimum Gasteiger partial charge on any atom is -0.403 e. The topological polar surface area (TPSA) is 41.6 Å². The zero-order chi connectivity index (χ0) is 6.41. The first kappa shape index (κ1) is 7.01. The minimum atomic E-state index is 0.803. The second-order valence-corrected chi connectivity index (χ2v) is 1.24. The lowest BCUT2D eigenvalue weighted by Crippen LogP contribution is -2.07. The lowest BCUT2D eigenvalue weighted by Gasteiger charge is -2.07. The summed E-state index contributed by atoms with van der Waals surface area (Å²) in [5.74, 6) is 0. The third-order valence-electron chi connectivity index (χ3n) is 0.764. The lowest BCUT2D eigenvalue weighted by molar-refractivity contribution is 0.425. The van der Waals surface area contributed by atoms with Gasteiger partial charge in [-0.25, -0.2) is 0 Å². The maximum absolute atomic E-state index is 5.07. The number of nitrogens with zero attached hydrogens (tertiary/aromatic N) is 2. The van der Waals surface area contributed by atoms with E-state index in [1.807, 2.05) is 6.92 Å². The number of rotatable bonds is 3. The molecule has 0 aliphatic rings. The Labute approximate surface area is 49.5 Å². The molecule has 3 nitrogen and oxygen atoms in total. The van der Waals surface area contributed by atoms with Crippen molar-refractivity contribution in [1.82, 2.24) is 5.01 Å². The van der Waals surface area contributed by atoms with E-state index in [2.05, 4.69) is 11.8 Å². The molecule has 0 bridgehead atoms.